The van der Waals surface area contributed by atoms with Gasteiger partial charge in [-0.15, -0.1) is 6.58 Å². The van der Waals surface area contributed by atoms with Crippen molar-refractivity contribution in [2.45, 2.75) is 39.8 Å². The lowest BCUT2D eigenvalue weighted by atomic mass is 10.1. The molecule has 24 heavy (non-hydrogen) atoms. The predicted molar refractivity (Wildman–Crippen MR) is 97.6 cm³/mol. The van der Waals surface area contributed by atoms with E-state index in [-0.39, 0.29) is 18.4 Å². The van der Waals surface area contributed by atoms with Crippen molar-refractivity contribution in [3.05, 3.63) is 35.7 Å². The fourth-order valence-corrected chi connectivity index (χ4v) is 3.57. The van der Waals surface area contributed by atoms with Crippen LogP contribution in [0.1, 0.15) is 35.1 Å². The zero-order chi connectivity index (χ0) is 17.7. The Bertz CT molecular complexity index is 567. The lowest BCUT2D eigenvalue weighted by Crippen LogP contribution is -2.52. The maximum atomic E-state index is 12.7. The van der Waals surface area contributed by atoms with Crippen LogP contribution in [-0.2, 0) is 6.54 Å². The number of aliphatic hydroxyl groups excluding tert-OH is 1. The normalized spacial score (nSPS) is 17.8. The van der Waals surface area contributed by atoms with Crippen molar-refractivity contribution in [2.24, 2.45) is 0 Å². The summed E-state index contributed by atoms with van der Waals surface area (Å²) in [6.45, 7) is 15.0. The smallest absolute Gasteiger partial charge is 0.178 e. The van der Waals surface area contributed by atoms with Crippen LogP contribution in [0.15, 0.2) is 18.7 Å². The van der Waals surface area contributed by atoms with E-state index in [1.54, 1.807) is 0 Å². The molecule has 2 rings (SSSR count). The minimum absolute atomic E-state index is 0.195. The van der Waals surface area contributed by atoms with Gasteiger partial charge in [-0.25, -0.2) is 0 Å². The molecule has 1 fully saturated rings. The highest BCUT2D eigenvalue weighted by molar-refractivity contribution is 5.99. The number of carbonyl (C=O) groups is 1. The number of nitrogens with zero attached hydrogens (tertiary/aromatic N) is 3. The largest absolute Gasteiger partial charge is 0.395 e. The standard InChI is InChI=1S/C19H31N3O2/c1-5-7-22-15(3)12-18(16(22)4)19(24)13-20-8-10-21(11-9-20)17(6-2)14-23/h5,12,17,23H,1,6-11,13-14H2,2-4H3. The van der Waals surface area contributed by atoms with Crippen molar-refractivity contribution < 1.29 is 9.90 Å². The van der Waals surface area contributed by atoms with Gasteiger partial charge < -0.3 is 9.67 Å². The number of aryl methyl sites for hydroxylation is 1. The first-order valence-corrected chi connectivity index (χ1v) is 8.89. The van der Waals surface area contributed by atoms with Crippen molar-refractivity contribution >= 4 is 5.78 Å². The van der Waals surface area contributed by atoms with Gasteiger partial charge in [0.05, 0.1) is 13.2 Å². The van der Waals surface area contributed by atoms with Gasteiger partial charge in [-0.3, -0.25) is 14.6 Å². The summed E-state index contributed by atoms with van der Waals surface area (Å²) in [5.74, 6) is 0.195. The maximum Gasteiger partial charge on any atom is 0.178 e. The number of aromatic nitrogens is 1. The molecule has 0 aliphatic carbocycles. The number of ketones is 1. The van der Waals surface area contributed by atoms with Crippen LogP contribution in [0.4, 0.5) is 0 Å². The van der Waals surface area contributed by atoms with Gasteiger partial charge >= 0.3 is 0 Å². The molecule has 0 saturated carbocycles. The van der Waals surface area contributed by atoms with E-state index in [0.717, 1.165) is 56.1 Å². The third-order valence-electron chi connectivity index (χ3n) is 5.16. The Morgan fingerprint density at radius 2 is 2.00 bits per heavy atom. The van der Waals surface area contributed by atoms with Gasteiger partial charge in [-0.05, 0) is 26.3 Å². The summed E-state index contributed by atoms with van der Waals surface area (Å²) >= 11 is 0. The summed E-state index contributed by atoms with van der Waals surface area (Å²) in [5.41, 5.74) is 2.97. The first-order chi connectivity index (χ1) is 11.5. The van der Waals surface area contributed by atoms with Crippen LogP contribution in [-0.4, -0.2) is 70.6 Å². The lowest BCUT2D eigenvalue weighted by Gasteiger charge is -2.38. The number of hydrogen-bond acceptors (Lipinski definition) is 4. The fraction of sp³-hybridized carbons (Fsp3) is 0.632. The molecular formula is C19H31N3O2. The molecule has 0 bridgehead atoms. The van der Waals surface area contributed by atoms with Crippen LogP contribution in [0.5, 0.6) is 0 Å². The van der Waals surface area contributed by atoms with Crippen LogP contribution < -0.4 is 0 Å². The average Bonchev–Trinajstić information content (AvgIpc) is 2.86. The SMILES string of the molecule is C=CCn1c(C)cc(C(=O)CN2CCN(C(CC)CO)CC2)c1C. The van der Waals surface area contributed by atoms with Crippen LogP contribution in [0.3, 0.4) is 0 Å². The second-order valence-corrected chi connectivity index (χ2v) is 6.66. The quantitative estimate of drug-likeness (QED) is 0.583. The van der Waals surface area contributed by atoms with E-state index in [1.165, 1.54) is 0 Å². The predicted octanol–water partition coefficient (Wildman–Crippen LogP) is 1.86. The summed E-state index contributed by atoms with van der Waals surface area (Å²) in [4.78, 5) is 17.3. The minimum atomic E-state index is 0.195. The number of aliphatic hydroxyl groups is 1. The molecular weight excluding hydrogens is 302 g/mol. The summed E-state index contributed by atoms with van der Waals surface area (Å²) in [7, 11) is 0. The molecule has 1 atom stereocenters. The highest BCUT2D eigenvalue weighted by Crippen LogP contribution is 2.17. The van der Waals surface area contributed by atoms with Crippen molar-refractivity contribution in [1.82, 2.24) is 14.4 Å². The van der Waals surface area contributed by atoms with Gasteiger partial charge in [0, 0.05) is 55.7 Å². The zero-order valence-corrected chi connectivity index (χ0v) is 15.3. The highest BCUT2D eigenvalue weighted by atomic mass is 16.3. The number of Topliss-reactive ketones (excluding diaryl/α,β-unsaturated/α-hetero) is 1. The van der Waals surface area contributed by atoms with Crippen LogP contribution in [0.25, 0.3) is 0 Å². The Balaban J connectivity index is 1.95. The zero-order valence-electron chi connectivity index (χ0n) is 15.3. The third kappa shape index (κ3) is 4.15. The minimum Gasteiger partial charge on any atom is -0.395 e. The molecule has 0 aromatic carbocycles. The van der Waals surface area contributed by atoms with E-state index in [4.69, 9.17) is 0 Å². The Morgan fingerprint density at radius 1 is 1.33 bits per heavy atom. The van der Waals surface area contributed by atoms with Crippen LogP contribution >= 0.6 is 0 Å². The molecule has 0 amide bonds. The average molecular weight is 333 g/mol. The molecule has 0 spiro atoms. The summed E-state index contributed by atoms with van der Waals surface area (Å²) in [6.07, 6.45) is 2.82. The van der Waals surface area contributed by atoms with Gasteiger partial charge in [0.2, 0.25) is 0 Å². The van der Waals surface area contributed by atoms with Crippen molar-refractivity contribution in [1.29, 1.82) is 0 Å². The molecule has 2 heterocycles. The molecule has 0 radical (unpaired) electrons. The highest BCUT2D eigenvalue weighted by Gasteiger charge is 2.24. The number of allylic oxidation sites excluding steroid dienone is 1. The molecule has 1 aromatic rings. The molecule has 5 nitrogen and oxygen atoms in total. The molecule has 1 saturated heterocycles. The molecule has 1 N–H and O–H groups in total. The first kappa shape index (κ1) is 18.9. The van der Waals surface area contributed by atoms with Gasteiger partial charge in [-0.2, -0.15) is 0 Å². The lowest BCUT2D eigenvalue weighted by molar-refractivity contribution is 0.0591. The van der Waals surface area contributed by atoms with E-state index in [9.17, 15) is 9.90 Å². The second kappa shape index (κ2) is 8.60. The van der Waals surface area contributed by atoms with Gasteiger partial charge in [0.15, 0.2) is 5.78 Å². The number of carbonyl (C=O) groups excluding carboxylic acids is 1. The Morgan fingerprint density at radius 3 is 2.54 bits per heavy atom. The topological polar surface area (TPSA) is 48.7 Å². The van der Waals surface area contributed by atoms with E-state index < -0.39 is 0 Å². The molecule has 1 aromatic heterocycles. The van der Waals surface area contributed by atoms with E-state index in [1.807, 2.05) is 26.0 Å². The van der Waals surface area contributed by atoms with Crippen molar-refractivity contribution in [3.8, 4) is 0 Å². The Hall–Kier alpha value is -1.43. The maximum absolute atomic E-state index is 12.7. The molecule has 5 heteroatoms. The second-order valence-electron chi connectivity index (χ2n) is 6.66. The molecule has 1 aliphatic heterocycles. The first-order valence-electron chi connectivity index (χ1n) is 8.89. The van der Waals surface area contributed by atoms with Crippen molar-refractivity contribution in [2.75, 3.05) is 39.3 Å². The number of rotatable bonds is 8. The van der Waals surface area contributed by atoms with Crippen LogP contribution in [0, 0.1) is 13.8 Å². The third-order valence-corrected chi connectivity index (χ3v) is 5.16. The summed E-state index contributed by atoms with van der Waals surface area (Å²) < 4.78 is 2.13. The van der Waals surface area contributed by atoms with Gasteiger partial charge in [0.1, 0.15) is 0 Å². The van der Waals surface area contributed by atoms with Crippen LogP contribution in [0.2, 0.25) is 0 Å². The molecule has 134 valence electrons. The van der Waals surface area contributed by atoms with Crippen molar-refractivity contribution in [3.63, 3.8) is 0 Å². The number of hydrogen-bond donors (Lipinski definition) is 1. The summed E-state index contributed by atoms with van der Waals surface area (Å²) in [6, 6.07) is 2.25. The summed E-state index contributed by atoms with van der Waals surface area (Å²) in [5, 5.41) is 9.42. The Labute approximate surface area is 145 Å². The fourth-order valence-electron chi connectivity index (χ4n) is 3.57. The van der Waals surface area contributed by atoms with E-state index in [0.29, 0.717) is 6.54 Å². The number of piperazine rings is 1. The van der Waals surface area contributed by atoms with E-state index in [2.05, 4.69) is 27.9 Å². The van der Waals surface area contributed by atoms with Gasteiger partial charge in [-0.1, -0.05) is 13.0 Å². The molecule has 1 aliphatic rings. The molecule has 1 unspecified atom stereocenters. The van der Waals surface area contributed by atoms with Gasteiger partial charge in [0.25, 0.3) is 0 Å². The Kier molecular flexibility index (Phi) is 6.78. The monoisotopic (exact) mass is 333 g/mol. The van der Waals surface area contributed by atoms with E-state index >= 15 is 0 Å².